The Kier molecular flexibility index (Phi) is 4.36. The molecule has 106 valence electrons. The molecule has 6 nitrogen and oxygen atoms in total. The molecule has 0 N–H and O–H groups in total. The van der Waals surface area contributed by atoms with E-state index in [1.807, 2.05) is 12.1 Å². The van der Waals surface area contributed by atoms with Crippen LogP contribution < -0.4 is 9.47 Å². The van der Waals surface area contributed by atoms with Crippen LogP contribution in [0.3, 0.4) is 0 Å². The van der Waals surface area contributed by atoms with E-state index in [1.165, 1.54) is 25.3 Å². The molecular weight excluding hydrogens is 272 g/mol. The van der Waals surface area contributed by atoms with Gasteiger partial charge in [-0.15, -0.1) is 0 Å². The highest BCUT2D eigenvalue weighted by Crippen LogP contribution is 2.31. The van der Waals surface area contributed by atoms with Gasteiger partial charge in [-0.25, -0.2) is 0 Å². The van der Waals surface area contributed by atoms with Gasteiger partial charge in [0.2, 0.25) is 0 Å². The maximum atomic E-state index is 10.8. The van der Waals surface area contributed by atoms with Gasteiger partial charge in [0.05, 0.1) is 29.7 Å². The van der Waals surface area contributed by atoms with Gasteiger partial charge < -0.3 is 9.47 Å². The largest absolute Gasteiger partial charge is 0.493 e. The lowest BCUT2D eigenvalue weighted by Crippen LogP contribution is -1.99. The predicted octanol–water partition coefficient (Wildman–Crippen LogP) is 3.05. The Morgan fingerprint density at radius 3 is 2.71 bits per heavy atom. The first-order valence-electron chi connectivity index (χ1n) is 6.08. The SMILES string of the molecule is COc1ccc([N+](=O)[O-])cc1OCc1cccc(C#N)c1. The van der Waals surface area contributed by atoms with E-state index in [2.05, 4.69) is 0 Å². The molecule has 0 aliphatic rings. The number of nitriles is 1. The minimum Gasteiger partial charge on any atom is -0.493 e. The Morgan fingerprint density at radius 1 is 1.24 bits per heavy atom. The second kappa shape index (κ2) is 6.39. The van der Waals surface area contributed by atoms with Crippen molar-refractivity contribution in [3.05, 3.63) is 63.7 Å². The molecule has 0 fully saturated rings. The molecule has 0 bridgehead atoms. The number of methoxy groups -OCH3 is 1. The van der Waals surface area contributed by atoms with Gasteiger partial charge in [-0.3, -0.25) is 10.1 Å². The zero-order valence-electron chi connectivity index (χ0n) is 11.3. The standard InChI is InChI=1S/C15H12N2O4/c1-20-14-6-5-13(17(18)19)8-15(14)21-10-12-4-2-3-11(7-12)9-16/h2-8H,10H2,1H3. The van der Waals surface area contributed by atoms with E-state index in [0.717, 1.165) is 5.56 Å². The van der Waals surface area contributed by atoms with E-state index in [-0.39, 0.29) is 18.0 Å². The number of ether oxygens (including phenoxy) is 2. The number of non-ortho nitro benzene ring substituents is 1. The van der Waals surface area contributed by atoms with Crippen molar-refractivity contribution in [3.8, 4) is 17.6 Å². The quantitative estimate of drug-likeness (QED) is 0.622. The van der Waals surface area contributed by atoms with E-state index in [0.29, 0.717) is 11.3 Å². The van der Waals surface area contributed by atoms with Crippen LogP contribution in [0, 0.1) is 21.4 Å². The molecule has 0 saturated heterocycles. The Hall–Kier alpha value is -3.07. The summed E-state index contributed by atoms with van der Waals surface area (Å²) in [5, 5.41) is 19.6. The average molecular weight is 284 g/mol. The second-order valence-corrected chi connectivity index (χ2v) is 4.19. The van der Waals surface area contributed by atoms with Gasteiger partial charge in [0.1, 0.15) is 6.61 Å². The number of benzene rings is 2. The fourth-order valence-electron chi connectivity index (χ4n) is 1.78. The summed E-state index contributed by atoms with van der Waals surface area (Å²) in [5.41, 5.74) is 1.25. The molecule has 2 rings (SSSR count). The van der Waals surface area contributed by atoms with E-state index in [1.54, 1.807) is 18.2 Å². The fourth-order valence-corrected chi connectivity index (χ4v) is 1.78. The summed E-state index contributed by atoms with van der Waals surface area (Å²) in [6.07, 6.45) is 0. The summed E-state index contributed by atoms with van der Waals surface area (Å²) in [6.45, 7) is 0.188. The molecule has 0 heterocycles. The maximum Gasteiger partial charge on any atom is 0.273 e. The van der Waals surface area contributed by atoms with E-state index < -0.39 is 4.92 Å². The average Bonchev–Trinajstić information content (AvgIpc) is 2.52. The number of hydrogen-bond donors (Lipinski definition) is 0. The molecule has 0 atom stereocenters. The van der Waals surface area contributed by atoms with Crippen LogP contribution in [-0.2, 0) is 6.61 Å². The van der Waals surface area contributed by atoms with Gasteiger partial charge in [0.15, 0.2) is 11.5 Å². The summed E-state index contributed by atoms with van der Waals surface area (Å²) in [6, 6.07) is 13.1. The van der Waals surface area contributed by atoms with Crippen molar-refractivity contribution in [2.45, 2.75) is 6.61 Å². The van der Waals surface area contributed by atoms with Crippen LogP contribution in [0.15, 0.2) is 42.5 Å². The highest BCUT2D eigenvalue weighted by atomic mass is 16.6. The Labute approximate surface area is 121 Å². The third-order valence-electron chi connectivity index (χ3n) is 2.81. The van der Waals surface area contributed by atoms with Crippen LogP contribution >= 0.6 is 0 Å². The van der Waals surface area contributed by atoms with Gasteiger partial charge >= 0.3 is 0 Å². The first-order chi connectivity index (χ1) is 10.1. The predicted molar refractivity (Wildman–Crippen MR) is 75.1 cm³/mol. The van der Waals surface area contributed by atoms with Crippen molar-refractivity contribution >= 4 is 5.69 Å². The lowest BCUT2D eigenvalue weighted by Gasteiger charge is -2.10. The minimum atomic E-state index is -0.497. The Balaban J connectivity index is 2.20. The number of nitrogens with zero attached hydrogens (tertiary/aromatic N) is 2. The fraction of sp³-hybridized carbons (Fsp3) is 0.133. The van der Waals surface area contributed by atoms with Crippen LogP contribution in [0.5, 0.6) is 11.5 Å². The zero-order chi connectivity index (χ0) is 15.2. The summed E-state index contributed by atoms with van der Waals surface area (Å²) >= 11 is 0. The normalized spacial score (nSPS) is 9.71. The van der Waals surface area contributed by atoms with Crippen molar-refractivity contribution in [2.24, 2.45) is 0 Å². The number of hydrogen-bond acceptors (Lipinski definition) is 5. The Morgan fingerprint density at radius 2 is 2.05 bits per heavy atom. The highest BCUT2D eigenvalue weighted by Gasteiger charge is 2.12. The lowest BCUT2D eigenvalue weighted by molar-refractivity contribution is -0.385. The van der Waals surface area contributed by atoms with E-state index in [4.69, 9.17) is 14.7 Å². The molecule has 6 heteroatoms. The van der Waals surface area contributed by atoms with Crippen molar-refractivity contribution < 1.29 is 14.4 Å². The molecule has 0 saturated carbocycles. The van der Waals surface area contributed by atoms with Crippen LogP contribution in [0.1, 0.15) is 11.1 Å². The van der Waals surface area contributed by atoms with Gasteiger partial charge in [-0.05, 0) is 23.8 Å². The number of nitro groups is 1. The van der Waals surface area contributed by atoms with Crippen molar-refractivity contribution in [2.75, 3.05) is 7.11 Å². The van der Waals surface area contributed by atoms with Gasteiger partial charge in [0.25, 0.3) is 5.69 Å². The van der Waals surface area contributed by atoms with Crippen molar-refractivity contribution in [1.29, 1.82) is 5.26 Å². The van der Waals surface area contributed by atoms with Gasteiger partial charge in [-0.1, -0.05) is 12.1 Å². The number of nitro benzene ring substituents is 1. The second-order valence-electron chi connectivity index (χ2n) is 4.19. The number of rotatable bonds is 5. The van der Waals surface area contributed by atoms with Gasteiger partial charge in [0, 0.05) is 6.07 Å². The highest BCUT2D eigenvalue weighted by molar-refractivity contribution is 5.48. The first-order valence-corrected chi connectivity index (χ1v) is 6.08. The molecule has 0 unspecified atom stereocenters. The molecule has 21 heavy (non-hydrogen) atoms. The molecule has 0 amide bonds. The monoisotopic (exact) mass is 284 g/mol. The van der Waals surface area contributed by atoms with E-state index >= 15 is 0 Å². The van der Waals surface area contributed by atoms with E-state index in [9.17, 15) is 10.1 Å². The Bertz CT molecular complexity index is 707. The topological polar surface area (TPSA) is 85.4 Å². The molecule has 0 aliphatic carbocycles. The lowest BCUT2D eigenvalue weighted by atomic mass is 10.1. The summed E-state index contributed by atoms with van der Waals surface area (Å²) in [5.74, 6) is 0.700. The summed E-state index contributed by atoms with van der Waals surface area (Å²) in [4.78, 5) is 10.3. The summed E-state index contributed by atoms with van der Waals surface area (Å²) in [7, 11) is 1.46. The molecular formula is C15H12N2O4. The third kappa shape index (κ3) is 3.48. The third-order valence-corrected chi connectivity index (χ3v) is 2.81. The molecule has 2 aromatic carbocycles. The van der Waals surface area contributed by atoms with Crippen molar-refractivity contribution in [3.63, 3.8) is 0 Å². The maximum absolute atomic E-state index is 10.8. The minimum absolute atomic E-state index is 0.0726. The first kappa shape index (κ1) is 14.3. The molecule has 0 radical (unpaired) electrons. The van der Waals surface area contributed by atoms with Crippen LogP contribution in [0.2, 0.25) is 0 Å². The summed E-state index contributed by atoms with van der Waals surface area (Å²) < 4.78 is 10.7. The van der Waals surface area contributed by atoms with Gasteiger partial charge in [-0.2, -0.15) is 5.26 Å². The zero-order valence-corrected chi connectivity index (χ0v) is 11.3. The molecule has 0 spiro atoms. The van der Waals surface area contributed by atoms with Crippen LogP contribution in [0.4, 0.5) is 5.69 Å². The van der Waals surface area contributed by atoms with Crippen LogP contribution in [0.25, 0.3) is 0 Å². The van der Waals surface area contributed by atoms with Crippen LogP contribution in [-0.4, -0.2) is 12.0 Å². The smallest absolute Gasteiger partial charge is 0.273 e. The molecule has 2 aromatic rings. The molecule has 0 aromatic heterocycles. The van der Waals surface area contributed by atoms with Crippen molar-refractivity contribution in [1.82, 2.24) is 0 Å². The molecule has 0 aliphatic heterocycles.